The fourth-order valence-corrected chi connectivity index (χ4v) is 1.47. The third-order valence-corrected chi connectivity index (χ3v) is 2.24. The van der Waals surface area contributed by atoms with Crippen molar-refractivity contribution < 1.29 is 14.2 Å². The summed E-state index contributed by atoms with van der Waals surface area (Å²) in [5.41, 5.74) is 1.06. The molecule has 0 fully saturated rings. The molecule has 1 aromatic rings. The van der Waals surface area contributed by atoms with Crippen LogP contribution >= 0.6 is 0 Å². The van der Waals surface area contributed by atoms with Gasteiger partial charge >= 0.3 is 0 Å². The molecule has 0 heterocycles. The zero-order valence-electron chi connectivity index (χ0n) is 10.7. The van der Waals surface area contributed by atoms with Crippen LogP contribution in [0.5, 0.6) is 5.75 Å². The molecule has 0 saturated carbocycles. The lowest BCUT2D eigenvalue weighted by Crippen LogP contribution is -2.20. The lowest BCUT2D eigenvalue weighted by Gasteiger charge is -2.14. The SMILES string of the molecule is COCCOc1ccc(NC(C)COC)cc1. The van der Waals surface area contributed by atoms with Gasteiger partial charge in [0, 0.05) is 25.9 Å². The van der Waals surface area contributed by atoms with Gasteiger partial charge in [0.25, 0.3) is 0 Å². The summed E-state index contributed by atoms with van der Waals surface area (Å²) in [5.74, 6) is 0.854. The summed E-state index contributed by atoms with van der Waals surface area (Å²) in [6.45, 7) is 3.94. The van der Waals surface area contributed by atoms with E-state index < -0.39 is 0 Å². The Morgan fingerprint density at radius 2 is 1.76 bits per heavy atom. The van der Waals surface area contributed by atoms with E-state index in [1.807, 2.05) is 24.3 Å². The number of rotatable bonds is 8. The molecule has 0 radical (unpaired) electrons. The van der Waals surface area contributed by atoms with Crippen LogP contribution < -0.4 is 10.1 Å². The quantitative estimate of drug-likeness (QED) is 0.706. The summed E-state index contributed by atoms with van der Waals surface area (Å²) in [4.78, 5) is 0. The highest BCUT2D eigenvalue weighted by molar-refractivity contribution is 5.46. The molecule has 0 aliphatic heterocycles. The maximum atomic E-state index is 5.48. The molecule has 4 heteroatoms. The maximum Gasteiger partial charge on any atom is 0.119 e. The first-order valence-corrected chi connectivity index (χ1v) is 5.73. The molecule has 1 unspecified atom stereocenters. The van der Waals surface area contributed by atoms with Crippen molar-refractivity contribution in [3.05, 3.63) is 24.3 Å². The van der Waals surface area contributed by atoms with Crippen LogP contribution in [-0.4, -0.2) is 40.1 Å². The van der Waals surface area contributed by atoms with Crippen LogP contribution in [0, 0.1) is 0 Å². The van der Waals surface area contributed by atoms with Gasteiger partial charge < -0.3 is 19.5 Å². The van der Waals surface area contributed by atoms with E-state index in [2.05, 4.69) is 12.2 Å². The second-order valence-electron chi connectivity index (χ2n) is 3.87. The van der Waals surface area contributed by atoms with E-state index in [0.717, 1.165) is 11.4 Å². The van der Waals surface area contributed by atoms with Gasteiger partial charge in [-0.2, -0.15) is 0 Å². The van der Waals surface area contributed by atoms with Crippen molar-refractivity contribution in [3.8, 4) is 5.75 Å². The molecule has 1 rings (SSSR count). The Morgan fingerprint density at radius 3 is 2.35 bits per heavy atom. The minimum absolute atomic E-state index is 0.292. The summed E-state index contributed by atoms with van der Waals surface area (Å²) in [6, 6.07) is 8.16. The van der Waals surface area contributed by atoms with Crippen molar-refractivity contribution in [2.24, 2.45) is 0 Å². The van der Waals surface area contributed by atoms with Crippen LogP contribution in [0.2, 0.25) is 0 Å². The first-order chi connectivity index (χ1) is 8.26. The predicted octanol–water partition coefficient (Wildman–Crippen LogP) is 2.16. The van der Waals surface area contributed by atoms with E-state index in [4.69, 9.17) is 14.2 Å². The minimum Gasteiger partial charge on any atom is -0.491 e. The fraction of sp³-hybridized carbons (Fsp3) is 0.538. The molecular formula is C13H21NO3. The number of hydrogen-bond donors (Lipinski definition) is 1. The van der Waals surface area contributed by atoms with Crippen LogP contribution in [0.1, 0.15) is 6.92 Å². The van der Waals surface area contributed by atoms with E-state index in [9.17, 15) is 0 Å². The topological polar surface area (TPSA) is 39.7 Å². The van der Waals surface area contributed by atoms with E-state index in [1.165, 1.54) is 0 Å². The average molecular weight is 239 g/mol. The van der Waals surface area contributed by atoms with Crippen LogP contribution in [0.3, 0.4) is 0 Å². The van der Waals surface area contributed by atoms with Crippen LogP contribution in [0.4, 0.5) is 5.69 Å². The van der Waals surface area contributed by atoms with Gasteiger partial charge in [-0.3, -0.25) is 0 Å². The number of anilines is 1. The van der Waals surface area contributed by atoms with Crippen LogP contribution in [0.15, 0.2) is 24.3 Å². The number of benzene rings is 1. The third kappa shape index (κ3) is 5.56. The fourth-order valence-electron chi connectivity index (χ4n) is 1.47. The van der Waals surface area contributed by atoms with Crippen LogP contribution in [-0.2, 0) is 9.47 Å². The van der Waals surface area contributed by atoms with Gasteiger partial charge in [-0.1, -0.05) is 0 Å². The second-order valence-corrected chi connectivity index (χ2v) is 3.87. The molecule has 1 atom stereocenters. The molecular weight excluding hydrogens is 218 g/mol. The molecule has 0 spiro atoms. The highest BCUT2D eigenvalue weighted by atomic mass is 16.5. The van der Waals surface area contributed by atoms with Gasteiger partial charge in [-0.25, -0.2) is 0 Å². The molecule has 0 saturated heterocycles. The van der Waals surface area contributed by atoms with Crippen molar-refractivity contribution in [2.45, 2.75) is 13.0 Å². The highest BCUT2D eigenvalue weighted by Crippen LogP contribution is 2.16. The van der Waals surface area contributed by atoms with E-state index in [-0.39, 0.29) is 0 Å². The van der Waals surface area contributed by atoms with Crippen molar-refractivity contribution in [3.63, 3.8) is 0 Å². The van der Waals surface area contributed by atoms with Gasteiger partial charge in [0.2, 0.25) is 0 Å². The Labute approximate surface area is 103 Å². The lowest BCUT2D eigenvalue weighted by molar-refractivity contribution is 0.146. The summed E-state index contributed by atoms with van der Waals surface area (Å²) in [7, 11) is 3.36. The Hall–Kier alpha value is -1.26. The van der Waals surface area contributed by atoms with Gasteiger partial charge in [0.05, 0.1) is 13.2 Å². The average Bonchev–Trinajstić information content (AvgIpc) is 2.32. The zero-order valence-corrected chi connectivity index (χ0v) is 10.7. The molecule has 96 valence electrons. The largest absolute Gasteiger partial charge is 0.491 e. The summed E-state index contributed by atoms with van der Waals surface area (Å²) in [6.07, 6.45) is 0. The summed E-state index contributed by atoms with van der Waals surface area (Å²) in [5, 5.41) is 3.33. The third-order valence-electron chi connectivity index (χ3n) is 2.24. The first-order valence-electron chi connectivity index (χ1n) is 5.73. The molecule has 0 amide bonds. The molecule has 0 aliphatic rings. The Bertz CT molecular complexity index is 300. The molecule has 0 bridgehead atoms. The van der Waals surface area contributed by atoms with E-state index in [1.54, 1.807) is 14.2 Å². The van der Waals surface area contributed by atoms with E-state index in [0.29, 0.717) is 25.9 Å². The number of nitrogens with one attached hydrogen (secondary N) is 1. The molecule has 0 aliphatic carbocycles. The molecule has 1 aromatic carbocycles. The zero-order chi connectivity index (χ0) is 12.5. The number of ether oxygens (including phenoxy) is 3. The highest BCUT2D eigenvalue weighted by Gasteiger charge is 2.01. The second kappa shape index (κ2) is 7.92. The normalized spacial score (nSPS) is 12.2. The van der Waals surface area contributed by atoms with E-state index >= 15 is 0 Å². The summed E-state index contributed by atoms with van der Waals surface area (Å²) >= 11 is 0. The minimum atomic E-state index is 0.292. The summed E-state index contributed by atoms with van der Waals surface area (Å²) < 4.78 is 15.5. The van der Waals surface area contributed by atoms with Gasteiger partial charge in [-0.05, 0) is 31.2 Å². The van der Waals surface area contributed by atoms with Gasteiger partial charge in [0.15, 0.2) is 0 Å². The van der Waals surface area contributed by atoms with Crippen molar-refractivity contribution >= 4 is 5.69 Å². The lowest BCUT2D eigenvalue weighted by atomic mass is 10.2. The first kappa shape index (κ1) is 13.8. The smallest absolute Gasteiger partial charge is 0.119 e. The molecule has 1 N–H and O–H groups in total. The molecule has 17 heavy (non-hydrogen) atoms. The van der Waals surface area contributed by atoms with Crippen molar-refractivity contribution in [2.75, 3.05) is 39.4 Å². The predicted molar refractivity (Wildman–Crippen MR) is 68.8 cm³/mol. The molecule has 4 nitrogen and oxygen atoms in total. The van der Waals surface area contributed by atoms with Crippen molar-refractivity contribution in [1.29, 1.82) is 0 Å². The Morgan fingerprint density at radius 1 is 1.06 bits per heavy atom. The standard InChI is InChI=1S/C13H21NO3/c1-11(10-16-3)14-12-4-6-13(7-5-12)17-9-8-15-2/h4-7,11,14H,8-10H2,1-3H3. The number of hydrogen-bond acceptors (Lipinski definition) is 4. The van der Waals surface area contributed by atoms with Crippen molar-refractivity contribution in [1.82, 2.24) is 0 Å². The Balaban J connectivity index is 2.39. The Kier molecular flexibility index (Phi) is 6.43. The van der Waals surface area contributed by atoms with Gasteiger partial charge in [-0.15, -0.1) is 0 Å². The van der Waals surface area contributed by atoms with Crippen LogP contribution in [0.25, 0.3) is 0 Å². The van der Waals surface area contributed by atoms with Gasteiger partial charge in [0.1, 0.15) is 12.4 Å². The monoisotopic (exact) mass is 239 g/mol. The number of methoxy groups -OCH3 is 2. The maximum absolute atomic E-state index is 5.48. The molecule has 0 aromatic heterocycles.